The van der Waals surface area contributed by atoms with E-state index in [4.69, 9.17) is 32.3 Å². The average molecular weight is 1920 g/mol. The van der Waals surface area contributed by atoms with Gasteiger partial charge in [-0.3, -0.25) is 32.5 Å². The minimum Gasteiger partial charge on any atom is -0.463 e. The van der Waals surface area contributed by atoms with Gasteiger partial charge in [0.2, 0.25) is 0 Å². The molecule has 0 amide bonds. The molecule has 0 heterocycles. The highest BCUT2D eigenvalue weighted by atomic mass is 31.2. The van der Waals surface area contributed by atoms with Gasteiger partial charge in [0.25, 0.3) is 0 Å². The van der Waals surface area contributed by atoms with Crippen molar-refractivity contribution in [2.45, 2.75) is 476 Å². The first-order chi connectivity index (χ1) is 66.2. The summed E-state index contributed by atoms with van der Waals surface area (Å²) < 4.78 is 61.8. The van der Waals surface area contributed by atoms with Crippen molar-refractivity contribution >= 4 is 33.6 Å². The number of carbonyl (C=O) groups is 3. The SMILES string of the molecule is CC/C=C\C/C=C\C/C=C\C/C=C\C/C=C\C/C=C\CCCCCCCCCCCCCCCCCCC(=O)OCC(O)COP(=O)(O)OCC(O)COP(=O)(O)OCC(COC(=O)CCCCCCCCCCCCCCCCCCCCC/C=C\C/C=C\C/C=C\C/C=C\C/C=C\CC)OC(=O)CCCCCCCCCCCC/C=C\C/C=C\C/C=C\C/C=C\C/C=C\C/C=C\CC. The van der Waals surface area contributed by atoms with Gasteiger partial charge in [0, 0.05) is 19.3 Å². The highest BCUT2D eigenvalue weighted by Gasteiger charge is 2.30. The third kappa shape index (κ3) is 108. The summed E-state index contributed by atoms with van der Waals surface area (Å²) in [4.78, 5) is 59.3. The fourth-order valence-electron chi connectivity index (χ4n) is 14.9. The number of aliphatic hydroxyl groups excluding tert-OH is 2. The number of rotatable bonds is 102. The Balaban J connectivity index is 4.60. The van der Waals surface area contributed by atoms with Gasteiger partial charge in [-0.15, -0.1) is 0 Å². The van der Waals surface area contributed by atoms with Crippen LogP contribution in [0.2, 0.25) is 0 Å². The molecule has 18 heteroatoms. The van der Waals surface area contributed by atoms with Crippen LogP contribution in [0.15, 0.2) is 207 Å². The quantitative estimate of drug-likeness (QED) is 0.0146. The molecule has 5 atom stereocenters. The Hall–Kier alpha value is -5.87. The van der Waals surface area contributed by atoms with E-state index in [9.17, 15) is 43.5 Å². The highest BCUT2D eigenvalue weighted by Crippen LogP contribution is 2.45. The van der Waals surface area contributed by atoms with Gasteiger partial charge in [-0.1, -0.05) is 478 Å². The lowest BCUT2D eigenvalue weighted by molar-refractivity contribution is -0.161. The number of phosphoric acid groups is 2. The molecule has 0 saturated heterocycles. The summed E-state index contributed by atoms with van der Waals surface area (Å²) in [6.45, 7) is 2.41. The molecular formula is C117H198O16P2. The topological polar surface area (TPSA) is 231 Å². The minimum absolute atomic E-state index is 0.0952. The Morgan fingerprint density at radius 1 is 0.207 bits per heavy atom. The van der Waals surface area contributed by atoms with Crippen molar-refractivity contribution in [1.29, 1.82) is 0 Å². The molecule has 0 spiro atoms. The summed E-state index contributed by atoms with van der Waals surface area (Å²) in [6, 6.07) is 0. The van der Waals surface area contributed by atoms with Crippen LogP contribution in [0.4, 0.5) is 0 Å². The summed E-state index contributed by atoms with van der Waals surface area (Å²) in [5, 5.41) is 20.8. The van der Waals surface area contributed by atoms with Crippen molar-refractivity contribution in [3.05, 3.63) is 207 Å². The van der Waals surface area contributed by atoms with Gasteiger partial charge in [-0.05, 0) is 167 Å². The predicted molar refractivity (Wildman–Crippen MR) is 574 cm³/mol. The van der Waals surface area contributed by atoms with Crippen LogP contribution in [0.25, 0.3) is 0 Å². The van der Waals surface area contributed by atoms with Crippen LogP contribution in [-0.2, 0) is 55.8 Å². The van der Waals surface area contributed by atoms with Crippen molar-refractivity contribution in [3.8, 4) is 0 Å². The summed E-state index contributed by atoms with van der Waals surface area (Å²) >= 11 is 0. The van der Waals surface area contributed by atoms with E-state index in [0.29, 0.717) is 19.3 Å². The fourth-order valence-corrected chi connectivity index (χ4v) is 16.5. The third-order valence-corrected chi connectivity index (χ3v) is 24.9. The summed E-state index contributed by atoms with van der Waals surface area (Å²) in [5.41, 5.74) is 0. The lowest BCUT2D eigenvalue weighted by atomic mass is 10.0. The van der Waals surface area contributed by atoms with Gasteiger partial charge in [0.05, 0.1) is 26.4 Å². The van der Waals surface area contributed by atoms with E-state index in [1.54, 1.807) is 0 Å². The van der Waals surface area contributed by atoms with Crippen LogP contribution >= 0.6 is 15.6 Å². The fraction of sp³-hybridized carbons (Fsp3) is 0.684. The van der Waals surface area contributed by atoms with Crippen LogP contribution in [0.5, 0.6) is 0 Å². The number of hydrogen-bond donors (Lipinski definition) is 4. The van der Waals surface area contributed by atoms with Gasteiger partial charge < -0.3 is 34.2 Å². The molecule has 0 fully saturated rings. The second-order valence-electron chi connectivity index (χ2n) is 36.0. The zero-order valence-electron chi connectivity index (χ0n) is 85.8. The second-order valence-corrected chi connectivity index (χ2v) is 38.9. The Morgan fingerprint density at radius 3 is 0.585 bits per heavy atom. The normalized spacial score (nSPS) is 14.4. The second kappa shape index (κ2) is 107. The number of carbonyl (C=O) groups excluding carboxylic acids is 3. The number of hydrogen-bond acceptors (Lipinski definition) is 14. The molecular weight excluding hydrogens is 1720 g/mol. The molecule has 0 aliphatic heterocycles. The van der Waals surface area contributed by atoms with E-state index in [2.05, 4.69) is 227 Å². The van der Waals surface area contributed by atoms with Crippen LogP contribution in [0.1, 0.15) is 457 Å². The molecule has 0 radical (unpaired) electrons. The van der Waals surface area contributed by atoms with E-state index in [1.807, 2.05) is 0 Å². The molecule has 0 saturated carbocycles. The van der Waals surface area contributed by atoms with Gasteiger partial charge in [0.15, 0.2) is 6.10 Å². The van der Waals surface area contributed by atoms with Gasteiger partial charge in [-0.2, -0.15) is 0 Å². The van der Waals surface area contributed by atoms with Gasteiger partial charge in [0.1, 0.15) is 25.4 Å². The number of allylic oxidation sites excluding steroid dienone is 34. The number of unbranched alkanes of at least 4 members (excludes halogenated alkanes) is 45. The molecule has 135 heavy (non-hydrogen) atoms. The Morgan fingerprint density at radius 2 is 0.370 bits per heavy atom. The molecule has 0 aromatic rings. The maximum absolute atomic E-state index is 13.2. The monoisotopic (exact) mass is 1920 g/mol. The van der Waals surface area contributed by atoms with Gasteiger partial charge in [-0.25, -0.2) is 9.13 Å². The zero-order chi connectivity index (χ0) is 97.8. The Labute approximate surface area is 826 Å². The first-order valence-electron chi connectivity index (χ1n) is 54.4. The van der Waals surface area contributed by atoms with Crippen LogP contribution in [0, 0.1) is 0 Å². The van der Waals surface area contributed by atoms with Crippen LogP contribution in [-0.4, -0.2) is 95.9 Å². The first kappa shape index (κ1) is 129. The maximum atomic E-state index is 13.2. The number of phosphoric ester groups is 2. The van der Waals surface area contributed by atoms with E-state index in [0.717, 1.165) is 180 Å². The van der Waals surface area contributed by atoms with Crippen LogP contribution in [0.3, 0.4) is 0 Å². The standard InChI is InChI=1S/C117H198O16P2/c1-4-7-10-13-16-19-22-25-28-31-34-37-40-43-46-49-51-53-55-57-59-62-64-67-70-73-76-79-82-85-88-91-94-97-100-103-115(120)127-106-112(118)107-129-134(123,124)130-108-113(119)109-131-135(125,126)132-111-114(133-117(122)105-102-99-96-93-90-87-84-81-78-75-72-69-66-61-48-45-42-39-36-33-30-27-24-21-18-15-12-9-6-3)110-128-116(121)104-101-98-95-92-89-86-83-80-77-74-71-68-65-63-60-58-56-54-52-50-47-44-41-38-35-32-29-26-23-20-17-14-11-8-5-2/h7-12,16-21,25-30,34-39,43-48,51,53,66,69,112-114,118-119H,4-6,13-15,22-24,31-33,40-42,49-50,52,54-65,67-68,70-111H2,1-3H3,(H,123,124)(H,125,126)/b10-7-,11-8-,12-9-,19-16-,20-17-,21-18-,28-25-,29-26-,30-27-,37-34-,38-35-,39-36-,46-43-,47-44-,48-45-,53-51-,69-66-. The van der Waals surface area contributed by atoms with Crippen molar-refractivity contribution in [3.63, 3.8) is 0 Å². The smallest absolute Gasteiger partial charge is 0.463 e. The molecule has 5 unspecified atom stereocenters. The molecule has 4 N–H and O–H groups in total. The zero-order valence-corrected chi connectivity index (χ0v) is 87.6. The lowest BCUT2D eigenvalue weighted by Gasteiger charge is -2.21. The molecule has 0 aliphatic carbocycles. The number of aliphatic hydroxyl groups is 2. The molecule has 0 aromatic heterocycles. The molecule has 0 rings (SSSR count). The largest absolute Gasteiger partial charge is 0.472 e. The van der Waals surface area contributed by atoms with Crippen LogP contribution < -0.4 is 0 Å². The summed E-state index contributed by atoms with van der Waals surface area (Å²) in [5.74, 6) is -1.56. The van der Waals surface area contributed by atoms with Crippen molar-refractivity contribution in [2.24, 2.45) is 0 Å². The molecule has 0 aliphatic rings. The van der Waals surface area contributed by atoms with Crippen molar-refractivity contribution in [1.82, 2.24) is 0 Å². The van der Waals surface area contributed by atoms with Gasteiger partial charge >= 0.3 is 33.6 Å². The summed E-state index contributed by atoms with van der Waals surface area (Å²) in [7, 11) is -9.83. The predicted octanol–water partition coefficient (Wildman–Crippen LogP) is 35.0. The highest BCUT2D eigenvalue weighted by molar-refractivity contribution is 7.47. The van der Waals surface area contributed by atoms with E-state index in [1.165, 1.54) is 218 Å². The van der Waals surface area contributed by atoms with E-state index < -0.39 is 91.5 Å². The first-order valence-corrected chi connectivity index (χ1v) is 57.4. The molecule has 16 nitrogen and oxygen atoms in total. The number of esters is 3. The number of ether oxygens (including phenoxy) is 3. The third-order valence-electron chi connectivity index (χ3n) is 23.0. The summed E-state index contributed by atoms with van der Waals surface area (Å²) in [6.07, 6.45) is 146. The molecule has 772 valence electrons. The molecule has 0 aromatic carbocycles. The van der Waals surface area contributed by atoms with Crippen molar-refractivity contribution in [2.75, 3.05) is 39.6 Å². The Kier molecular flexibility index (Phi) is 102. The van der Waals surface area contributed by atoms with E-state index >= 15 is 0 Å². The van der Waals surface area contributed by atoms with E-state index in [-0.39, 0.29) is 19.3 Å². The maximum Gasteiger partial charge on any atom is 0.472 e. The average Bonchev–Trinajstić information content (AvgIpc) is 0.895. The molecule has 0 bridgehead atoms. The van der Waals surface area contributed by atoms with Crippen molar-refractivity contribution < 1.29 is 75.8 Å². The minimum atomic E-state index is -4.95. The lowest BCUT2D eigenvalue weighted by Crippen LogP contribution is -2.30. The Bertz CT molecular complexity index is 3290.